The molecular formula is C13H15NO2S. The van der Waals surface area contributed by atoms with Crippen LogP contribution >= 0.6 is 12.2 Å². The number of benzene rings is 1. The molecule has 0 unspecified atom stereocenters. The fraction of sp³-hybridized carbons (Fsp3) is 0.385. The van der Waals surface area contributed by atoms with Crippen molar-refractivity contribution in [3.05, 3.63) is 28.8 Å². The van der Waals surface area contributed by atoms with Gasteiger partial charge in [-0.05, 0) is 48.4 Å². The van der Waals surface area contributed by atoms with Gasteiger partial charge in [0, 0.05) is 5.69 Å². The Morgan fingerprint density at radius 2 is 2.41 bits per heavy atom. The second kappa shape index (κ2) is 4.84. The van der Waals surface area contributed by atoms with Gasteiger partial charge in [-0.2, -0.15) is 0 Å². The number of fused-ring (bicyclic) bond motifs is 1. The Bertz CT molecular complexity index is 471. The first-order valence-corrected chi connectivity index (χ1v) is 6.15. The predicted molar refractivity (Wildman–Crippen MR) is 71.8 cm³/mol. The second-order valence-corrected chi connectivity index (χ2v) is 4.64. The van der Waals surface area contributed by atoms with Gasteiger partial charge in [0.2, 0.25) is 0 Å². The Hall–Kier alpha value is -1.42. The molecule has 3 nitrogen and oxygen atoms in total. The van der Waals surface area contributed by atoms with Crippen molar-refractivity contribution in [3.63, 3.8) is 0 Å². The molecule has 17 heavy (non-hydrogen) atoms. The molecule has 0 heterocycles. The van der Waals surface area contributed by atoms with Gasteiger partial charge in [-0.25, -0.2) is 0 Å². The van der Waals surface area contributed by atoms with Crippen molar-refractivity contribution in [1.82, 2.24) is 0 Å². The molecular weight excluding hydrogens is 234 g/mol. The van der Waals surface area contributed by atoms with Crippen LogP contribution in [0, 0.1) is 6.92 Å². The number of nitrogens with one attached hydrogen (secondary N) is 1. The first kappa shape index (κ1) is 12.0. The van der Waals surface area contributed by atoms with E-state index in [9.17, 15) is 4.79 Å². The summed E-state index contributed by atoms with van der Waals surface area (Å²) in [6, 6.07) is 4.02. The molecule has 0 amide bonds. The highest BCUT2D eigenvalue weighted by atomic mass is 32.1. The number of thiocarbonyl (C=S) groups is 1. The first-order chi connectivity index (χ1) is 8.13. The molecule has 1 aliphatic carbocycles. The van der Waals surface area contributed by atoms with Crippen LogP contribution in [0.4, 0.5) is 5.69 Å². The number of anilines is 1. The zero-order chi connectivity index (χ0) is 12.4. The molecule has 0 aliphatic heterocycles. The Labute approximate surface area is 106 Å². The lowest BCUT2D eigenvalue weighted by Crippen LogP contribution is -2.04. The third-order valence-electron chi connectivity index (χ3n) is 3.45. The first-order valence-electron chi connectivity index (χ1n) is 5.68. The van der Waals surface area contributed by atoms with Crippen molar-refractivity contribution in [2.45, 2.75) is 32.1 Å². The summed E-state index contributed by atoms with van der Waals surface area (Å²) in [5.41, 5.74) is 6.20. The van der Waals surface area contributed by atoms with Crippen LogP contribution in [0.3, 0.4) is 0 Å². The fourth-order valence-corrected chi connectivity index (χ4v) is 2.74. The largest absolute Gasteiger partial charge is 0.481 e. The lowest BCUT2D eigenvalue weighted by Gasteiger charge is -2.13. The third kappa shape index (κ3) is 2.31. The average Bonchev–Trinajstić information content (AvgIpc) is 2.66. The predicted octanol–water partition coefficient (Wildman–Crippen LogP) is 2.87. The molecule has 1 aliphatic rings. The van der Waals surface area contributed by atoms with Gasteiger partial charge in [-0.1, -0.05) is 18.3 Å². The number of rotatable bonds is 4. The highest BCUT2D eigenvalue weighted by Crippen LogP contribution is 2.39. The molecule has 0 saturated carbocycles. The van der Waals surface area contributed by atoms with E-state index in [1.807, 2.05) is 12.1 Å². The summed E-state index contributed by atoms with van der Waals surface area (Å²) in [5.74, 6) is -0.552. The molecule has 0 radical (unpaired) electrons. The van der Waals surface area contributed by atoms with E-state index >= 15 is 0 Å². The van der Waals surface area contributed by atoms with Crippen molar-refractivity contribution in [2.75, 3.05) is 5.32 Å². The van der Waals surface area contributed by atoms with Crippen LogP contribution in [0.1, 0.15) is 35.4 Å². The van der Waals surface area contributed by atoms with Gasteiger partial charge < -0.3 is 10.4 Å². The Kier molecular flexibility index (Phi) is 3.43. The molecule has 2 N–H and O–H groups in total. The van der Waals surface area contributed by atoms with Gasteiger partial charge in [0.15, 0.2) is 0 Å². The molecule has 0 saturated heterocycles. The number of hydrogen-bond donors (Lipinski definition) is 2. The highest BCUT2D eigenvalue weighted by molar-refractivity contribution is 7.79. The van der Waals surface area contributed by atoms with Gasteiger partial charge in [-0.3, -0.25) is 4.79 Å². The van der Waals surface area contributed by atoms with E-state index in [2.05, 4.69) is 12.2 Å². The van der Waals surface area contributed by atoms with Crippen molar-refractivity contribution < 1.29 is 9.90 Å². The van der Waals surface area contributed by atoms with E-state index < -0.39 is 5.97 Å². The van der Waals surface area contributed by atoms with Crippen LogP contribution in [0.5, 0.6) is 0 Å². The molecule has 0 bridgehead atoms. The molecule has 2 rings (SSSR count). The minimum absolute atomic E-state index is 0.169. The topological polar surface area (TPSA) is 49.3 Å². The van der Waals surface area contributed by atoms with Gasteiger partial charge in [0.25, 0.3) is 0 Å². The second-order valence-electron chi connectivity index (χ2n) is 4.40. The molecule has 4 heteroatoms. The number of carboxylic acid groups (broad SMARTS) is 1. The van der Waals surface area contributed by atoms with Gasteiger partial charge >= 0.3 is 5.97 Å². The average molecular weight is 249 g/mol. The van der Waals surface area contributed by atoms with Gasteiger partial charge in [0.05, 0.1) is 11.9 Å². The van der Waals surface area contributed by atoms with Crippen LogP contribution in [-0.4, -0.2) is 16.6 Å². The Morgan fingerprint density at radius 1 is 1.65 bits per heavy atom. The number of carboxylic acids is 1. The lowest BCUT2D eigenvalue weighted by molar-refractivity contribution is -0.137. The molecule has 1 atom stereocenters. The quantitative estimate of drug-likeness (QED) is 0.806. The normalized spacial score (nSPS) is 17.6. The zero-order valence-electron chi connectivity index (χ0n) is 9.69. The molecule has 0 aromatic heterocycles. The Morgan fingerprint density at radius 3 is 3.06 bits per heavy atom. The summed E-state index contributed by atoms with van der Waals surface area (Å²) in [4.78, 5) is 10.8. The summed E-state index contributed by atoms with van der Waals surface area (Å²) >= 11 is 4.79. The van der Waals surface area contributed by atoms with Crippen molar-refractivity contribution >= 4 is 29.4 Å². The molecule has 90 valence electrons. The summed E-state index contributed by atoms with van der Waals surface area (Å²) in [5, 5.41) is 11.9. The molecule has 1 aromatic rings. The summed E-state index contributed by atoms with van der Waals surface area (Å²) in [6.45, 7) is 2.06. The maximum Gasteiger partial charge on any atom is 0.303 e. The van der Waals surface area contributed by atoms with E-state index in [1.165, 1.54) is 22.2 Å². The SMILES string of the molecule is Cc1c(NC=S)ccc2c1CC[C@@H]2CC(=O)O. The van der Waals surface area contributed by atoms with Gasteiger partial charge in [0.1, 0.15) is 0 Å². The summed E-state index contributed by atoms with van der Waals surface area (Å²) in [7, 11) is 0. The third-order valence-corrected chi connectivity index (χ3v) is 3.57. The smallest absolute Gasteiger partial charge is 0.303 e. The van der Waals surface area contributed by atoms with E-state index in [-0.39, 0.29) is 12.3 Å². The number of aliphatic carboxylic acids is 1. The summed E-state index contributed by atoms with van der Waals surface area (Å²) in [6.07, 6.45) is 2.13. The van der Waals surface area contributed by atoms with Crippen LogP contribution in [0.2, 0.25) is 0 Å². The highest BCUT2D eigenvalue weighted by Gasteiger charge is 2.26. The van der Waals surface area contributed by atoms with Crippen LogP contribution in [-0.2, 0) is 11.2 Å². The van der Waals surface area contributed by atoms with Crippen molar-refractivity contribution in [2.24, 2.45) is 0 Å². The number of hydrogen-bond acceptors (Lipinski definition) is 2. The monoisotopic (exact) mass is 249 g/mol. The minimum Gasteiger partial charge on any atom is -0.481 e. The van der Waals surface area contributed by atoms with E-state index in [1.54, 1.807) is 0 Å². The van der Waals surface area contributed by atoms with Crippen LogP contribution < -0.4 is 5.32 Å². The van der Waals surface area contributed by atoms with E-state index in [0.29, 0.717) is 0 Å². The van der Waals surface area contributed by atoms with E-state index in [0.717, 1.165) is 18.5 Å². The molecule has 0 fully saturated rings. The maximum atomic E-state index is 10.8. The van der Waals surface area contributed by atoms with Crippen molar-refractivity contribution in [3.8, 4) is 0 Å². The van der Waals surface area contributed by atoms with E-state index in [4.69, 9.17) is 17.3 Å². The van der Waals surface area contributed by atoms with Crippen LogP contribution in [0.25, 0.3) is 0 Å². The maximum absolute atomic E-state index is 10.8. The molecule has 1 aromatic carbocycles. The Balaban J connectivity index is 2.33. The zero-order valence-corrected chi connectivity index (χ0v) is 10.5. The van der Waals surface area contributed by atoms with Crippen molar-refractivity contribution in [1.29, 1.82) is 0 Å². The lowest BCUT2D eigenvalue weighted by atomic mass is 9.95. The standard InChI is InChI=1S/C13H15NO2S/c1-8-10-3-2-9(6-13(15)16)11(10)4-5-12(8)14-7-17/h4-5,7,9H,2-3,6H2,1H3,(H,14,17)(H,15,16)/t9-/m1/s1. The molecule has 0 spiro atoms. The minimum atomic E-state index is -0.721. The number of carbonyl (C=O) groups is 1. The fourth-order valence-electron chi connectivity index (χ4n) is 2.61. The van der Waals surface area contributed by atoms with Crippen LogP contribution in [0.15, 0.2) is 12.1 Å². The summed E-state index contributed by atoms with van der Waals surface area (Å²) < 4.78 is 0. The van der Waals surface area contributed by atoms with Gasteiger partial charge in [-0.15, -0.1) is 0 Å².